The molecule has 0 aliphatic carbocycles. The summed E-state index contributed by atoms with van der Waals surface area (Å²) >= 11 is 3.73. The lowest BCUT2D eigenvalue weighted by molar-refractivity contribution is 0.00578. The monoisotopic (exact) mass is 526 g/mol. The lowest BCUT2D eigenvalue weighted by Crippen LogP contribution is -2.41. The van der Waals surface area contributed by atoms with Gasteiger partial charge in [-0.1, -0.05) is 72.1 Å². The summed E-state index contributed by atoms with van der Waals surface area (Å²) in [6.07, 6.45) is 4.24. The molecular weight excluding hydrogens is 479 g/mol. The summed E-state index contributed by atoms with van der Waals surface area (Å²) in [6, 6.07) is 4.48. The van der Waals surface area contributed by atoms with Crippen molar-refractivity contribution in [1.29, 1.82) is 0 Å². The fraction of sp³-hybridized carbons (Fsp3) is 0.677. The molecule has 2 nitrogen and oxygen atoms in total. The van der Waals surface area contributed by atoms with Crippen LogP contribution in [0.15, 0.2) is 12.1 Å². The van der Waals surface area contributed by atoms with Gasteiger partial charge in [0.15, 0.2) is 0 Å². The van der Waals surface area contributed by atoms with E-state index in [-0.39, 0.29) is 10.7 Å². The van der Waals surface area contributed by atoms with Gasteiger partial charge in [-0.15, -0.1) is 23.5 Å². The Morgan fingerprint density at radius 2 is 1.42 bits per heavy atom. The van der Waals surface area contributed by atoms with Gasteiger partial charge >= 0.3 is 7.12 Å². The Morgan fingerprint density at radius 1 is 0.917 bits per heavy atom. The highest BCUT2D eigenvalue weighted by Crippen LogP contribution is 2.37. The molecule has 5 heteroatoms. The second-order valence-electron chi connectivity index (χ2n) is 12.1. The summed E-state index contributed by atoms with van der Waals surface area (Å²) in [4.78, 5) is 0. The molecule has 1 fully saturated rings. The van der Waals surface area contributed by atoms with Crippen molar-refractivity contribution >= 4 is 36.1 Å². The number of rotatable bonds is 7. The highest BCUT2D eigenvalue weighted by Gasteiger charge is 2.53. The van der Waals surface area contributed by atoms with Crippen molar-refractivity contribution in [2.45, 2.75) is 116 Å². The van der Waals surface area contributed by atoms with Crippen molar-refractivity contribution in [3.8, 4) is 23.7 Å². The van der Waals surface area contributed by atoms with E-state index in [2.05, 4.69) is 118 Å². The van der Waals surface area contributed by atoms with Gasteiger partial charge in [0.1, 0.15) is 0 Å². The van der Waals surface area contributed by atoms with Crippen LogP contribution in [-0.4, -0.2) is 40.8 Å². The molecule has 0 spiro atoms. The predicted octanol–water partition coefficient (Wildman–Crippen LogP) is 7.30. The van der Waals surface area contributed by atoms with Crippen LogP contribution in [0.1, 0.15) is 106 Å². The fourth-order valence-corrected chi connectivity index (χ4v) is 5.46. The van der Waals surface area contributed by atoms with Crippen molar-refractivity contribution < 1.29 is 9.31 Å². The highest BCUT2D eigenvalue weighted by molar-refractivity contribution is 8.00. The SMILES string of the molecule is CCSC(C#Cc1cc(C(C)(C)C)cc(C#CC(CC(C)C)SC)c1B1OC(C)(C)C(C)(C)O1)CC. The molecule has 198 valence electrons. The highest BCUT2D eigenvalue weighted by atomic mass is 32.2. The van der Waals surface area contributed by atoms with E-state index < -0.39 is 18.3 Å². The third kappa shape index (κ3) is 8.01. The van der Waals surface area contributed by atoms with E-state index >= 15 is 0 Å². The Balaban J connectivity index is 2.79. The van der Waals surface area contributed by atoms with Crippen LogP contribution in [0.4, 0.5) is 0 Å². The molecule has 0 aromatic heterocycles. The molecule has 2 atom stereocenters. The fourth-order valence-electron chi connectivity index (χ4n) is 3.93. The summed E-state index contributed by atoms with van der Waals surface area (Å²) in [6.45, 7) is 24.1. The van der Waals surface area contributed by atoms with Crippen LogP contribution < -0.4 is 5.46 Å². The van der Waals surface area contributed by atoms with Gasteiger partial charge in [0, 0.05) is 16.6 Å². The van der Waals surface area contributed by atoms with E-state index in [1.165, 1.54) is 5.56 Å². The normalized spacial score (nSPS) is 18.3. The van der Waals surface area contributed by atoms with Crippen molar-refractivity contribution in [2.24, 2.45) is 5.92 Å². The molecule has 1 aromatic carbocycles. The predicted molar refractivity (Wildman–Crippen MR) is 164 cm³/mol. The van der Waals surface area contributed by atoms with E-state index in [0.29, 0.717) is 11.2 Å². The molecule has 1 aliphatic heterocycles. The Morgan fingerprint density at radius 3 is 1.81 bits per heavy atom. The van der Waals surface area contributed by atoms with E-state index in [9.17, 15) is 0 Å². The molecular formula is C31H47BO2S2. The summed E-state index contributed by atoms with van der Waals surface area (Å²) < 4.78 is 13.1. The Labute approximate surface area is 231 Å². The minimum atomic E-state index is -0.505. The standard InChI is InChI=1S/C31H47BO2S2/c1-13-26(36-14-2)17-15-23-20-25(29(5,6)7)21-24(16-18-27(35-12)19-22(3)4)28(23)32-33-30(8,9)31(10,11)34-32/h20-22,26-27H,13-14,19H2,1-12H3. The molecule has 0 N–H and O–H groups in total. The maximum Gasteiger partial charge on any atom is 0.497 e. The molecule has 2 unspecified atom stereocenters. The molecule has 0 radical (unpaired) electrons. The molecule has 1 saturated heterocycles. The topological polar surface area (TPSA) is 18.5 Å². The van der Waals surface area contributed by atoms with E-state index in [1.54, 1.807) is 0 Å². The first-order valence-electron chi connectivity index (χ1n) is 13.4. The largest absolute Gasteiger partial charge is 0.497 e. The second kappa shape index (κ2) is 12.7. The van der Waals surface area contributed by atoms with Gasteiger partial charge in [0.2, 0.25) is 0 Å². The van der Waals surface area contributed by atoms with Crippen LogP contribution in [0.25, 0.3) is 0 Å². The maximum atomic E-state index is 6.57. The first-order valence-corrected chi connectivity index (χ1v) is 15.7. The van der Waals surface area contributed by atoms with Gasteiger partial charge in [0.05, 0.1) is 21.7 Å². The average molecular weight is 527 g/mol. The van der Waals surface area contributed by atoms with Gasteiger partial charge in [-0.25, -0.2) is 0 Å². The maximum absolute atomic E-state index is 6.57. The Kier molecular flexibility index (Phi) is 11.0. The smallest absolute Gasteiger partial charge is 0.399 e. The first kappa shape index (κ1) is 31.2. The van der Waals surface area contributed by atoms with Gasteiger partial charge < -0.3 is 9.31 Å². The van der Waals surface area contributed by atoms with E-state index in [4.69, 9.17) is 9.31 Å². The lowest BCUT2D eigenvalue weighted by atomic mass is 9.70. The first-order chi connectivity index (χ1) is 16.6. The van der Waals surface area contributed by atoms with Crippen LogP contribution in [0.3, 0.4) is 0 Å². The summed E-state index contributed by atoms with van der Waals surface area (Å²) in [5, 5.41) is 0.593. The van der Waals surface area contributed by atoms with E-state index in [0.717, 1.165) is 35.2 Å². The number of hydrogen-bond acceptors (Lipinski definition) is 4. The molecule has 1 aromatic rings. The van der Waals surface area contributed by atoms with Crippen LogP contribution in [0.2, 0.25) is 0 Å². The number of thioether (sulfide) groups is 2. The average Bonchev–Trinajstić information content (AvgIpc) is 2.99. The molecule has 1 aliphatic rings. The van der Waals surface area contributed by atoms with Gasteiger partial charge in [-0.3, -0.25) is 0 Å². The third-order valence-electron chi connectivity index (χ3n) is 6.98. The van der Waals surface area contributed by atoms with Crippen molar-refractivity contribution in [3.05, 3.63) is 28.8 Å². The lowest BCUT2D eigenvalue weighted by Gasteiger charge is -2.32. The minimum Gasteiger partial charge on any atom is -0.399 e. The van der Waals surface area contributed by atoms with Crippen molar-refractivity contribution in [2.75, 3.05) is 12.0 Å². The van der Waals surface area contributed by atoms with Crippen LogP contribution in [0.5, 0.6) is 0 Å². The zero-order chi connectivity index (χ0) is 27.3. The Hall–Kier alpha value is -0.975. The number of benzene rings is 1. The van der Waals surface area contributed by atoms with Crippen LogP contribution in [-0.2, 0) is 14.7 Å². The zero-order valence-corrected chi connectivity index (χ0v) is 26.4. The second-order valence-corrected chi connectivity index (χ2v) is 14.6. The summed E-state index contributed by atoms with van der Waals surface area (Å²) in [5.74, 6) is 15.9. The van der Waals surface area contributed by atoms with E-state index in [1.807, 2.05) is 23.5 Å². The minimum absolute atomic E-state index is 0.0273. The van der Waals surface area contributed by atoms with Gasteiger partial charge in [-0.2, -0.15) is 0 Å². The Bertz CT molecular complexity index is 999. The van der Waals surface area contributed by atoms with Gasteiger partial charge in [0.25, 0.3) is 0 Å². The zero-order valence-electron chi connectivity index (χ0n) is 24.7. The number of hydrogen-bond donors (Lipinski definition) is 0. The van der Waals surface area contributed by atoms with Crippen LogP contribution >= 0.6 is 23.5 Å². The molecule has 36 heavy (non-hydrogen) atoms. The van der Waals surface area contributed by atoms with Crippen LogP contribution in [0, 0.1) is 29.6 Å². The van der Waals surface area contributed by atoms with Crippen molar-refractivity contribution in [1.82, 2.24) is 0 Å². The quantitative estimate of drug-likeness (QED) is 0.274. The summed E-state index contributed by atoms with van der Waals surface area (Å²) in [5.41, 5.74) is 3.27. The van der Waals surface area contributed by atoms with Gasteiger partial charge in [-0.05, 0) is 81.6 Å². The summed E-state index contributed by atoms with van der Waals surface area (Å²) in [7, 11) is -0.505. The third-order valence-corrected chi connectivity index (χ3v) is 9.05. The molecule has 0 saturated carbocycles. The molecule has 2 rings (SSSR count). The molecule has 0 amide bonds. The van der Waals surface area contributed by atoms with Crippen molar-refractivity contribution in [3.63, 3.8) is 0 Å². The molecule has 0 bridgehead atoms. The molecule has 1 heterocycles.